The zero-order valence-electron chi connectivity index (χ0n) is 13.7. The Morgan fingerprint density at radius 1 is 1.24 bits per heavy atom. The van der Waals surface area contributed by atoms with Gasteiger partial charge in [-0.2, -0.15) is 0 Å². The molecule has 0 fully saturated rings. The number of Topliss-reactive ketones (excluding diaryl/α,β-unsaturated/α-hetero) is 1. The van der Waals surface area contributed by atoms with Gasteiger partial charge in [-0.25, -0.2) is 0 Å². The lowest BCUT2D eigenvalue weighted by Gasteiger charge is -2.28. The van der Waals surface area contributed by atoms with Crippen LogP contribution in [0.1, 0.15) is 20.3 Å². The van der Waals surface area contributed by atoms with E-state index in [0.29, 0.717) is 17.6 Å². The van der Waals surface area contributed by atoms with E-state index in [1.807, 2.05) is 28.1 Å². The molecule has 0 amide bonds. The zero-order chi connectivity index (χ0) is 16.5. The van der Waals surface area contributed by atoms with Crippen molar-refractivity contribution in [3.8, 4) is 0 Å². The summed E-state index contributed by atoms with van der Waals surface area (Å²) < 4.78 is 27.1. The molecule has 0 aromatic carbocycles. The average Bonchev–Trinajstić information content (AvgIpc) is 2.30. The Hall–Kier alpha value is -0.300. The van der Waals surface area contributed by atoms with Crippen molar-refractivity contribution in [2.75, 3.05) is 54.1 Å². The molecule has 7 nitrogen and oxygen atoms in total. The highest BCUT2D eigenvalue weighted by Gasteiger charge is 2.18. The molecule has 0 saturated carbocycles. The number of phosphoric ester groups is 1. The van der Waals surface area contributed by atoms with Gasteiger partial charge in [-0.05, 0) is 13.8 Å². The van der Waals surface area contributed by atoms with E-state index >= 15 is 0 Å². The normalized spacial score (nSPS) is 16.5. The largest absolute Gasteiger partial charge is 0.756 e. The van der Waals surface area contributed by atoms with Crippen molar-refractivity contribution in [2.45, 2.75) is 20.3 Å². The summed E-state index contributed by atoms with van der Waals surface area (Å²) in [4.78, 5) is 22.8. The van der Waals surface area contributed by atoms with Crippen molar-refractivity contribution in [3.05, 3.63) is 0 Å². The molecule has 1 unspecified atom stereocenters. The highest BCUT2D eigenvalue weighted by molar-refractivity contribution is 7.45. The smallest absolute Gasteiger partial charge is 0.268 e. The van der Waals surface area contributed by atoms with Crippen LogP contribution in [0, 0.1) is 5.92 Å². The molecule has 0 aromatic rings. The molecule has 0 spiro atoms. The highest BCUT2D eigenvalue weighted by Crippen LogP contribution is 2.38. The van der Waals surface area contributed by atoms with Gasteiger partial charge in [0, 0.05) is 18.9 Å². The average molecular weight is 325 g/mol. The summed E-state index contributed by atoms with van der Waals surface area (Å²) in [5.41, 5.74) is 0. The Balaban J connectivity index is 4.21. The number of nitrogens with zero attached hydrogens (tertiary/aromatic N) is 1. The second-order valence-corrected chi connectivity index (χ2v) is 7.43. The molecule has 0 aromatic heterocycles. The first-order valence-electron chi connectivity index (χ1n) is 7.03. The van der Waals surface area contributed by atoms with Crippen LogP contribution in [0.25, 0.3) is 0 Å². The minimum absolute atomic E-state index is 0.0324. The van der Waals surface area contributed by atoms with Gasteiger partial charge in [0.25, 0.3) is 7.82 Å². The maximum absolute atomic E-state index is 11.6. The van der Waals surface area contributed by atoms with Crippen LogP contribution in [-0.2, 0) is 23.1 Å². The lowest BCUT2D eigenvalue weighted by atomic mass is 10.1. The summed E-state index contributed by atoms with van der Waals surface area (Å²) >= 11 is 0. The van der Waals surface area contributed by atoms with Gasteiger partial charge in [0.15, 0.2) is 0 Å². The van der Waals surface area contributed by atoms with Gasteiger partial charge >= 0.3 is 0 Å². The topological polar surface area (TPSA) is 84.9 Å². The molecule has 2 atom stereocenters. The van der Waals surface area contributed by atoms with Crippen LogP contribution in [0.2, 0.25) is 0 Å². The predicted octanol–water partition coefficient (Wildman–Crippen LogP) is 0.826. The lowest BCUT2D eigenvalue weighted by molar-refractivity contribution is -0.870. The molecule has 0 aliphatic carbocycles. The molecule has 21 heavy (non-hydrogen) atoms. The minimum Gasteiger partial charge on any atom is -0.756 e. The molecular formula is C13H28NO6P. The highest BCUT2D eigenvalue weighted by atomic mass is 31.2. The molecule has 0 rings (SSSR count). The maximum atomic E-state index is 11.6. The van der Waals surface area contributed by atoms with Gasteiger partial charge in [-0.15, -0.1) is 0 Å². The molecular weight excluding hydrogens is 297 g/mol. The van der Waals surface area contributed by atoms with Crippen LogP contribution in [0.15, 0.2) is 0 Å². The molecule has 0 heterocycles. The Bertz CT molecular complexity index is 355. The first kappa shape index (κ1) is 20.7. The molecule has 126 valence electrons. The van der Waals surface area contributed by atoms with Crippen molar-refractivity contribution in [2.24, 2.45) is 5.92 Å². The Morgan fingerprint density at radius 2 is 1.86 bits per heavy atom. The van der Waals surface area contributed by atoms with E-state index in [-0.39, 0.29) is 37.9 Å². The number of carbonyl (C=O) groups excluding carboxylic acids is 1. The molecule has 0 saturated heterocycles. The number of likely N-dealkylation sites (N-methyl/N-ethyl adjacent to an activating group) is 1. The van der Waals surface area contributed by atoms with Crippen LogP contribution < -0.4 is 4.89 Å². The van der Waals surface area contributed by atoms with E-state index in [2.05, 4.69) is 0 Å². The predicted molar refractivity (Wildman–Crippen MR) is 77.7 cm³/mol. The van der Waals surface area contributed by atoms with Gasteiger partial charge in [0.1, 0.15) is 18.9 Å². The monoisotopic (exact) mass is 325 g/mol. The van der Waals surface area contributed by atoms with E-state index in [4.69, 9.17) is 13.8 Å². The number of quaternary nitrogens is 1. The SMILES string of the molecule is CCOC[C@H](COP(=O)([O-])OCC[N+](C)(C)C)CC(C)=O. The van der Waals surface area contributed by atoms with Crippen LogP contribution >= 0.6 is 7.82 Å². The number of ketones is 1. The van der Waals surface area contributed by atoms with Gasteiger partial charge in [0.2, 0.25) is 0 Å². The van der Waals surface area contributed by atoms with Crippen molar-refractivity contribution in [1.82, 2.24) is 0 Å². The first-order chi connectivity index (χ1) is 9.56. The van der Waals surface area contributed by atoms with Gasteiger partial charge in [-0.3, -0.25) is 4.57 Å². The fourth-order valence-electron chi connectivity index (χ4n) is 1.52. The third kappa shape index (κ3) is 13.1. The Kier molecular flexibility index (Phi) is 9.53. The van der Waals surface area contributed by atoms with Crippen LogP contribution in [0.5, 0.6) is 0 Å². The number of hydrogen-bond acceptors (Lipinski definition) is 6. The Morgan fingerprint density at radius 3 is 2.33 bits per heavy atom. The molecule has 8 heteroatoms. The number of phosphoric acid groups is 1. The molecule has 0 bridgehead atoms. The second-order valence-electron chi connectivity index (χ2n) is 6.02. The van der Waals surface area contributed by atoms with Crippen molar-refractivity contribution >= 4 is 13.6 Å². The first-order valence-corrected chi connectivity index (χ1v) is 8.49. The van der Waals surface area contributed by atoms with E-state index < -0.39 is 7.82 Å². The van der Waals surface area contributed by atoms with Gasteiger partial charge in [0.05, 0.1) is 34.4 Å². The van der Waals surface area contributed by atoms with Gasteiger partial charge < -0.3 is 28.0 Å². The molecule has 0 radical (unpaired) electrons. The molecule has 0 aliphatic rings. The summed E-state index contributed by atoms with van der Waals surface area (Å²) in [7, 11) is 1.47. The summed E-state index contributed by atoms with van der Waals surface area (Å²) in [5, 5.41) is 0. The number of carbonyl (C=O) groups is 1. The van der Waals surface area contributed by atoms with Crippen LogP contribution in [0.3, 0.4) is 0 Å². The summed E-state index contributed by atoms with van der Waals surface area (Å²) in [5.74, 6) is -0.318. The summed E-state index contributed by atoms with van der Waals surface area (Å²) in [6, 6.07) is 0. The quantitative estimate of drug-likeness (QED) is 0.390. The van der Waals surface area contributed by atoms with E-state index in [1.165, 1.54) is 6.92 Å². The molecule has 0 aliphatic heterocycles. The van der Waals surface area contributed by atoms with E-state index in [9.17, 15) is 14.3 Å². The van der Waals surface area contributed by atoms with Crippen molar-refractivity contribution in [1.29, 1.82) is 0 Å². The van der Waals surface area contributed by atoms with Crippen LogP contribution in [-0.4, -0.2) is 64.4 Å². The standard InChI is InChI=1S/C13H28NO6P/c1-6-18-10-13(9-12(2)15)11-20-21(16,17)19-8-7-14(3,4)5/h13H,6-11H2,1-5H3/t13-/m1/s1. The fraction of sp³-hybridized carbons (Fsp3) is 0.923. The third-order valence-electron chi connectivity index (χ3n) is 2.61. The Labute approximate surface area is 127 Å². The minimum atomic E-state index is -4.33. The molecule has 0 N–H and O–H groups in total. The van der Waals surface area contributed by atoms with Crippen molar-refractivity contribution in [3.63, 3.8) is 0 Å². The number of rotatable bonds is 12. The summed E-state index contributed by atoms with van der Waals surface area (Å²) in [6.07, 6.45) is 0.221. The number of hydrogen-bond donors (Lipinski definition) is 0. The second kappa shape index (κ2) is 9.66. The third-order valence-corrected chi connectivity index (χ3v) is 3.58. The van der Waals surface area contributed by atoms with E-state index in [0.717, 1.165) is 0 Å². The fourth-order valence-corrected chi connectivity index (χ4v) is 2.29. The zero-order valence-corrected chi connectivity index (χ0v) is 14.6. The van der Waals surface area contributed by atoms with Gasteiger partial charge in [-0.1, -0.05) is 0 Å². The summed E-state index contributed by atoms with van der Waals surface area (Å²) in [6.45, 7) is 4.58. The van der Waals surface area contributed by atoms with Crippen molar-refractivity contribution < 1.29 is 32.5 Å². The van der Waals surface area contributed by atoms with E-state index in [1.54, 1.807) is 0 Å². The maximum Gasteiger partial charge on any atom is 0.268 e. The lowest BCUT2D eigenvalue weighted by Crippen LogP contribution is -2.37. The van der Waals surface area contributed by atoms with Crippen LogP contribution in [0.4, 0.5) is 0 Å². The number of ether oxygens (including phenoxy) is 1.